The van der Waals surface area contributed by atoms with Gasteiger partial charge in [-0.3, -0.25) is 5.01 Å². The number of benzene rings is 4. The molecular formula is C27H24N2O3. The summed E-state index contributed by atoms with van der Waals surface area (Å²) in [7, 11) is 3.32. The first kappa shape index (κ1) is 19.9. The molecule has 0 saturated carbocycles. The highest BCUT2D eigenvalue weighted by Crippen LogP contribution is 2.40. The third kappa shape index (κ3) is 3.52. The fourth-order valence-electron chi connectivity index (χ4n) is 4.22. The van der Waals surface area contributed by atoms with Gasteiger partial charge in [0.2, 0.25) is 0 Å². The SMILES string of the molecule is COc1ccc(C2CC(c3ccc4ccccc4c3O)=NN2c2ccc(OC)cc2)cc1. The summed E-state index contributed by atoms with van der Waals surface area (Å²) in [6.07, 6.45) is 0.671. The second-order valence-electron chi connectivity index (χ2n) is 7.77. The van der Waals surface area contributed by atoms with E-state index in [4.69, 9.17) is 14.6 Å². The number of fused-ring (bicyclic) bond motifs is 1. The van der Waals surface area contributed by atoms with Crippen molar-refractivity contribution < 1.29 is 14.6 Å². The van der Waals surface area contributed by atoms with Gasteiger partial charge in [-0.2, -0.15) is 5.10 Å². The van der Waals surface area contributed by atoms with Gasteiger partial charge in [0.25, 0.3) is 0 Å². The average Bonchev–Trinajstić information content (AvgIpc) is 3.29. The third-order valence-corrected chi connectivity index (χ3v) is 5.96. The molecule has 0 radical (unpaired) electrons. The predicted molar refractivity (Wildman–Crippen MR) is 128 cm³/mol. The number of phenolic OH excluding ortho intramolecular Hbond substituents is 1. The van der Waals surface area contributed by atoms with Crippen LogP contribution in [0.15, 0.2) is 90.0 Å². The Kier molecular flexibility index (Phi) is 5.15. The van der Waals surface area contributed by atoms with Crippen molar-refractivity contribution in [3.63, 3.8) is 0 Å². The summed E-state index contributed by atoms with van der Waals surface area (Å²) in [6.45, 7) is 0. The van der Waals surface area contributed by atoms with Gasteiger partial charge in [-0.25, -0.2) is 0 Å². The number of anilines is 1. The highest BCUT2D eigenvalue weighted by molar-refractivity contribution is 6.09. The van der Waals surface area contributed by atoms with E-state index in [0.29, 0.717) is 6.42 Å². The maximum atomic E-state index is 11.0. The van der Waals surface area contributed by atoms with Gasteiger partial charge in [0.15, 0.2) is 0 Å². The van der Waals surface area contributed by atoms with Crippen LogP contribution in [-0.4, -0.2) is 25.0 Å². The Morgan fingerprint density at radius 2 is 1.47 bits per heavy atom. The van der Waals surface area contributed by atoms with E-state index >= 15 is 0 Å². The Bertz CT molecular complexity index is 1280. The van der Waals surface area contributed by atoms with Crippen LogP contribution in [0.4, 0.5) is 5.69 Å². The number of methoxy groups -OCH3 is 2. The van der Waals surface area contributed by atoms with Crippen molar-refractivity contribution in [2.24, 2.45) is 5.10 Å². The van der Waals surface area contributed by atoms with E-state index in [1.165, 1.54) is 0 Å². The van der Waals surface area contributed by atoms with Crippen LogP contribution in [0.3, 0.4) is 0 Å². The Hall–Kier alpha value is -3.99. The lowest BCUT2D eigenvalue weighted by atomic mass is 9.96. The molecule has 1 aliphatic heterocycles. The minimum atomic E-state index is -0.00447. The zero-order chi connectivity index (χ0) is 22.1. The first-order valence-electron chi connectivity index (χ1n) is 10.5. The monoisotopic (exact) mass is 424 g/mol. The van der Waals surface area contributed by atoms with E-state index in [0.717, 1.165) is 44.8 Å². The second kappa shape index (κ2) is 8.27. The highest BCUT2D eigenvalue weighted by Gasteiger charge is 2.31. The molecule has 0 saturated heterocycles. The van der Waals surface area contributed by atoms with Crippen LogP contribution in [-0.2, 0) is 0 Å². The molecule has 1 aliphatic rings. The van der Waals surface area contributed by atoms with Crippen LogP contribution < -0.4 is 14.5 Å². The molecule has 5 heteroatoms. The van der Waals surface area contributed by atoms with Gasteiger partial charge in [-0.15, -0.1) is 0 Å². The summed E-state index contributed by atoms with van der Waals surface area (Å²) in [5.74, 6) is 1.88. The molecule has 1 N–H and O–H groups in total. The molecule has 4 aromatic carbocycles. The number of ether oxygens (including phenoxy) is 2. The zero-order valence-electron chi connectivity index (χ0n) is 18.0. The quantitative estimate of drug-likeness (QED) is 0.432. The second-order valence-corrected chi connectivity index (χ2v) is 7.77. The summed E-state index contributed by atoms with van der Waals surface area (Å²) in [6, 6.07) is 27.8. The lowest BCUT2D eigenvalue weighted by Crippen LogP contribution is -2.18. The van der Waals surface area contributed by atoms with Crippen LogP contribution in [0.25, 0.3) is 10.8 Å². The lowest BCUT2D eigenvalue weighted by Gasteiger charge is -2.24. The lowest BCUT2D eigenvalue weighted by molar-refractivity contribution is 0.414. The number of hydrogen-bond acceptors (Lipinski definition) is 5. The standard InChI is InChI=1S/C27H24N2O3/c1-31-21-12-7-19(8-13-21)26-17-25(28-29(26)20-10-14-22(32-2)15-11-20)24-16-9-18-5-3-4-6-23(18)27(24)30/h3-16,26,30H,17H2,1-2H3. The number of phenols is 1. The first-order valence-corrected chi connectivity index (χ1v) is 10.5. The van der Waals surface area contributed by atoms with Gasteiger partial charge in [0.05, 0.1) is 31.7 Å². The van der Waals surface area contributed by atoms with Gasteiger partial charge in [-0.05, 0) is 53.4 Å². The normalized spacial score (nSPS) is 15.6. The first-order chi connectivity index (χ1) is 15.7. The molecule has 0 spiro atoms. The number of rotatable bonds is 5. The van der Waals surface area contributed by atoms with Crippen molar-refractivity contribution in [2.75, 3.05) is 19.2 Å². The Balaban J connectivity index is 1.58. The molecule has 0 aliphatic carbocycles. The Morgan fingerprint density at radius 3 is 2.16 bits per heavy atom. The van der Waals surface area contributed by atoms with E-state index in [1.54, 1.807) is 14.2 Å². The van der Waals surface area contributed by atoms with Gasteiger partial charge in [0, 0.05) is 17.4 Å². The smallest absolute Gasteiger partial charge is 0.132 e. The van der Waals surface area contributed by atoms with E-state index in [-0.39, 0.29) is 11.8 Å². The van der Waals surface area contributed by atoms with Crippen molar-refractivity contribution in [2.45, 2.75) is 12.5 Å². The largest absolute Gasteiger partial charge is 0.507 e. The Labute approximate surface area is 187 Å². The van der Waals surface area contributed by atoms with E-state index in [1.807, 2.05) is 77.8 Å². The predicted octanol–water partition coefficient (Wildman–Crippen LogP) is 5.92. The molecule has 160 valence electrons. The van der Waals surface area contributed by atoms with Crippen LogP contribution in [0.2, 0.25) is 0 Å². The summed E-state index contributed by atoms with van der Waals surface area (Å²) in [4.78, 5) is 0. The van der Waals surface area contributed by atoms with Crippen molar-refractivity contribution in [1.29, 1.82) is 0 Å². The van der Waals surface area contributed by atoms with Crippen molar-refractivity contribution in [3.8, 4) is 17.2 Å². The van der Waals surface area contributed by atoms with Gasteiger partial charge in [-0.1, -0.05) is 42.5 Å². The molecule has 0 amide bonds. The molecule has 0 aromatic heterocycles. The van der Waals surface area contributed by atoms with Crippen LogP contribution in [0.5, 0.6) is 17.2 Å². The molecule has 1 atom stereocenters. The fraction of sp³-hybridized carbons (Fsp3) is 0.148. The molecular weight excluding hydrogens is 400 g/mol. The molecule has 32 heavy (non-hydrogen) atoms. The number of hydrogen-bond donors (Lipinski definition) is 1. The van der Waals surface area contributed by atoms with Crippen molar-refractivity contribution in [3.05, 3.63) is 96.1 Å². The fourth-order valence-corrected chi connectivity index (χ4v) is 4.22. The van der Waals surface area contributed by atoms with Crippen LogP contribution in [0.1, 0.15) is 23.6 Å². The minimum absolute atomic E-state index is 0.00447. The molecule has 4 aromatic rings. The number of aromatic hydroxyl groups is 1. The van der Waals surface area contributed by atoms with E-state index < -0.39 is 0 Å². The maximum Gasteiger partial charge on any atom is 0.132 e. The van der Waals surface area contributed by atoms with Crippen LogP contribution in [0, 0.1) is 0 Å². The summed E-state index contributed by atoms with van der Waals surface area (Å²) in [5, 5.41) is 19.9. The summed E-state index contributed by atoms with van der Waals surface area (Å²) >= 11 is 0. The van der Waals surface area contributed by atoms with Crippen molar-refractivity contribution >= 4 is 22.2 Å². The van der Waals surface area contributed by atoms with Crippen molar-refractivity contribution in [1.82, 2.24) is 0 Å². The number of nitrogens with zero attached hydrogens (tertiary/aromatic N) is 2. The molecule has 5 rings (SSSR count). The topological polar surface area (TPSA) is 54.3 Å². The van der Waals surface area contributed by atoms with Crippen LogP contribution >= 0.6 is 0 Å². The van der Waals surface area contributed by atoms with Gasteiger partial charge in [0.1, 0.15) is 17.2 Å². The number of hydrazone groups is 1. The Morgan fingerprint density at radius 1 is 0.812 bits per heavy atom. The summed E-state index contributed by atoms with van der Waals surface area (Å²) < 4.78 is 10.6. The molecule has 1 unspecified atom stereocenters. The molecule has 0 fully saturated rings. The molecule has 0 bridgehead atoms. The average molecular weight is 425 g/mol. The summed E-state index contributed by atoms with van der Waals surface area (Å²) in [5.41, 5.74) is 3.70. The molecule has 5 nitrogen and oxygen atoms in total. The van der Waals surface area contributed by atoms with E-state index in [9.17, 15) is 5.11 Å². The minimum Gasteiger partial charge on any atom is -0.507 e. The van der Waals surface area contributed by atoms with Gasteiger partial charge < -0.3 is 14.6 Å². The van der Waals surface area contributed by atoms with E-state index in [2.05, 4.69) is 12.1 Å². The maximum absolute atomic E-state index is 11.0. The molecule has 1 heterocycles. The zero-order valence-corrected chi connectivity index (χ0v) is 18.0. The third-order valence-electron chi connectivity index (χ3n) is 5.96. The highest BCUT2D eigenvalue weighted by atomic mass is 16.5. The van der Waals surface area contributed by atoms with Gasteiger partial charge >= 0.3 is 0 Å².